The molecule has 4 rings (SSSR count). The topological polar surface area (TPSA) is 114 Å². The van der Waals surface area contributed by atoms with Gasteiger partial charge in [0, 0.05) is 17.1 Å². The van der Waals surface area contributed by atoms with Crippen molar-refractivity contribution in [3.8, 4) is 11.4 Å². The predicted octanol–water partition coefficient (Wildman–Crippen LogP) is 3.27. The van der Waals surface area contributed by atoms with E-state index in [-0.39, 0.29) is 29.5 Å². The third-order valence-electron chi connectivity index (χ3n) is 5.20. The number of ether oxygens (including phenoxy) is 1. The van der Waals surface area contributed by atoms with E-state index >= 15 is 0 Å². The van der Waals surface area contributed by atoms with Gasteiger partial charge in [0.05, 0.1) is 13.7 Å². The minimum Gasteiger partial charge on any atom is -0.508 e. The zero-order valence-electron chi connectivity index (χ0n) is 17.7. The van der Waals surface area contributed by atoms with Gasteiger partial charge in [-0.25, -0.2) is 9.59 Å². The molecule has 1 fully saturated rings. The van der Waals surface area contributed by atoms with Gasteiger partial charge >= 0.3 is 12.0 Å². The van der Waals surface area contributed by atoms with Gasteiger partial charge in [0.2, 0.25) is 5.76 Å². The number of nitrogens with one attached hydrogen (secondary N) is 1. The van der Waals surface area contributed by atoms with Crippen LogP contribution in [0.15, 0.2) is 52.6 Å². The van der Waals surface area contributed by atoms with Crippen molar-refractivity contribution in [2.75, 3.05) is 7.11 Å². The van der Waals surface area contributed by atoms with Crippen LogP contribution >= 0.6 is 0 Å². The summed E-state index contributed by atoms with van der Waals surface area (Å²) in [5, 5.41) is 12.1. The lowest BCUT2D eigenvalue weighted by molar-refractivity contribution is -0.123. The molecule has 0 radical (unpaired) electrons. The lowest BCUT2D eigenvalue weighted by Crippen LogP contribution is -2.30. The molecule has 2 aromatic heterocycles. The van der Waals surface area contributed by atoms with Gasteiger partial charge in [-0.3, -0.25) is 9.69 Å². The maximum atomic E-state index is 12.8. The van der Waals surface area contributed by atoms with E-state index in [4.69, 9.17) is 4.42 Å². The number of aromatic nitrogens is 1. The van der Waals surface area contributed by atoms with Crippen LogP contribution in [0.1, 0.15) is 33.3 Å². The first-order chi connectivity index (χ1) is 15.3. The smallest absolute Gasteiger partial charge is 0.373 e. The van der Waals surface area contributed by atoms with E-state index in [1.165, 1.54) is 19.2 Å². The number of nitrogens with zero attached hydrogens (tertiary/aromatic N) is 2. The molecule has 2 N–H and O–H groups in total. The van der Waals surface area contributed by atoms with Crippen LogP contribution in [0.3, 0.4) is 0 Å². The molecule has 3 aromatic rings. The molecule has 0 spiro atoms. The van der Waals surface area contributed by atoms with Gasteiger partial charge in [0.25, 0.3) is 5.91 Å². The molecule has 9 nitrogen and oxygen atoms in total. The number of amides is 3. The Morgan fingerprint density at radius 2 is 1.88 bits per heavy atom. The molecule has 0 bridgehead atoms. The van der Waals surface area contributed by atoms with Gasteiger partial charge in [-0.05, 0) is 68.0 Å². The lowest BCUT2D eigenvalue weighted by Gasteiger charge is -2.10. The maximum absolute atomic E-state index is 12.8. The Bertz CT molecular complexity index is 1250. The van der Waals surface area contributed by atoms with Crippen molar-refractivity contribution in [3.05, 3.63) is 76.6 Å². The molecule has 3 amide bonds. The Morgan fingerprint density at radius 1 is 1.16 bits per heavy atom. The van der Waals surface area contributed by atoms with Crippen molar-refractivity contribution in [3.63, 3.8) is 0 Å². The van der Waals surface area contributed by atoms with Crippen LogP contribution in [0, 0.1) is 13.8 Å². The fourth-order valence-corrected chi connectivity index (χ4v) is 3.63. The second-order valence-electron chi connectivity index (χ2n) is 7.32. The molecule has 1 aliphatic rings. The van der Waals surface area contributed by atoms with E-state index < -0.39 is 17.9 Å². The van der Waals surface area contributed by atoms with Crippen molar-refractivity contribution in [1.82, 2.24) is 14.8 Å². The van der Waals surface area contributed by atoms with E-state index in [1.54, 1.807) is 30.3 Å². The number of furan rings is 1. The van der Waals surface area contributed by atoms with Crippen molar-refractivity contribution in [1.29, 1.82) is 0 Å². The molecule has 0 aliphatic carbocycles. The number of benzene rings is 1. The van der Waals surface area contributed by atoms with Crippen LogP contribution in [0.5, 0.6) is 5.75 Å². The van der Waals surface area contributed by atoms with Crippen LogP contribution < -0.4 is 5.32 Å². The minimum absolute atomic E-state index is 0.00742. The number of aromatic hydroxyl groups is 1. The van der Waals surface area contributed by atoms with E-state index in [1.807, 2.05) is 24.5 Å². The number of imide groups is 1. The summed E-state index contributed by atoms with van der Waals surface area (Å²) >= 11 is 0. The van der Waals surface area contributed by atoms with Gasteiger partial charge in [-0.1, -0.05) is 0 Å². The standard InChI is InChI=1S/C23H21N3O6/c1-13-10-15(14(2)26(13)16-4-6-17(27)7-5-16)11-19-21(28)25(23(30)24-19)12-18-8-9-20(32-18)22(29)31-3/h4-11,27H,12H2,1-3H3,(H,24,30). The van der Waals surface area contributed by atoms with Crippen LogP contribution in [-0.2, 0) is 16.1 Å². The number of aryl methyl sites for hydroxylation is 1. The Morgan fingerprint density at radius 3 is 2.56 bits per heavy atom. The third-order valence-corrected chi connectivity index (χ3v) is 5.20. The molecule has 0 atom stereocenters. The van der Waals surface area contributed by atoms with E-state index in [2.05, 4.69) is 10.1 Å². The first kappa shape index (κ1) is 21.0. The SMILES string of the molecule is COC(=O)c1ccc(CN2C(=O)NC(=Cc3cc(C)n(-c4ccc(O)cc4)c3C)C2=O)o1. The third kappa shape index (κ3) is 3.76. The highest BCUT2D eigenvalue weighted by atomic mass is 16.5. The van der Waals surface area contributed by atoms with Crippen molar-refractivity contribution in [2.45, 2.75) is 20.4 Å². The number of methoxy groups -OCH3 is 1. The number of esters is 1. The minimum atomic E-state index is -0.641. The normalized spacial score (nSPS) is 14.8. The zero-order valence-corrected chi connectivity index (χ0v) is 17.7. The summed E-state index contributed by atoms with van der Waals surface area (Å²) in [4.78, 5) is 37.8. The largest absolute Gasteiger partial charge is 0.508 e. The summed E-state index contributed by atoms with van der Waals surface area (Å²) in [7, 11) is 1.23. The average molecular weight is 435 g/mol. The van der Waals surface area contributed by atoms with Gasteiger partial charge in [-0.2, -0.15) is 0 Å². The van der Waals surface area contributed by atoms with Gasteiger partial charge in [0.15, 0.2) is 0 Å². The van der Waals surface area contributed by atoms with Crippen LogP contribution in [-0.4, -0.2) is 39.6 Å². The number of rotatable bonds is 5. The number of hydrogen-bond donors (Lipinski definition) is 2. The van der Waals surface area contributed by atoms with E-state index in [0.717, 1.165) is 27.5 Å². The molecule has 1 saturated heterocycles. The summed E-state index contributed by atoms with van der Waals surface area (Å²) in [6.07, 6.45) is 1.63. The predicted molar refractivity (Wildman–Crippen MR) is 114 cm³/mol. The van der Waals surface area contributed by atoms with E-state index in [9.17, 15) is 19.5 Å². The summed E-state index contributed by atoms with van der Waals surface area (Å²) in [6.45, 7) is 3.72. The van der Waals surface area contributed by atoms with Gasteiger partial charge < -0.3 is 24.1 Å². The lowest BCUT2D eigenvalue weighted by atomic mass is 10.2. The van der Waals surface area contributed by atoms with Crippen LogP contribution in [0.4, 0.5) is 4.79 Å². The molecule has 3 heterocycles. The molecule has 0 saturated carbocycles. The molecular weight excluding hydrogens is 414 g/mol. The Kier molecular flexibility index (Phi) is 5.31. The van der Waals surface area contributed by atoms with Crippen molar-refractivity contribution >= 4 is 24.0 Å². The van der Waals surface area contributed by atoms with Gasteiger partial charge in [-0.15, -0.1) is 0 Å². The number of urea groups is 1. The number of phenolic OH excluding ortho intramolecular Hbond substituents is 1. The second kappa shape index (κ2) is 8.10. The first-order valence-corrected chi connectivity index (χ1v) is 9.78. The fourth-order valence-electron chi connectivity index (χ4n) is 3.63. The summed E-state index contributed by atoms with van der Waals surface area (Å²) in [5.41, 5.74) is 3.58. The summed E-state index contributed by atoms with van der Waals surface area (Å²) in [6, 6.07) is 11.1. The molecule has 1 aliphatic heterocycles. The number of hydrogen-bond acceptors (Lipinski definition) is 6. The number of phenols is 1. The fraction of sp³-hybridized carbons (Fsp3) is 0.174. The highest BCUT2D eigenvalue weighted by Gasteiger charge is 2.34. The highest BCUT2D eigenvalue weighted by molar-refractivity contribution is 6.13. The summed E-state index contributed by atoms with van der Waals surface area (Å²) in [5.74, 6) is -0.695. The quantitative estimate of drug-likeness (QED) is 0.361. The maximum Gasteiger partial charge on any atom is 0.373 e. The Hall–Kier alpha value is -4.27. The highest BCUT2D eigenvalue weighted by Crippen LogP contribution is 2.25. The second-order valence-corrected chi connectivity index (χ2v) is 7.32. The molecule has 0 unspecified atom stereocenters. The Balaban J connectivity index is 1.58. The summed E-state index contributed by atoms with van der Waals surface area (Å²) < 4.78 is 11.9. The molecule has 1 aromatic carbocycles. The molecule has 9 heteroatoms. The van der Waals surface area contributed by atoms with Crippen molar-refractivity contribution in [2.24, 2.45) is 0 Å². The van der Waals surface area contributed by atoms with Gasteiger partial charge in [0.1, 0.15) is 17.2 Å². The monoisotopic (exact) mass is 435 g/mol. The number of carbonyl (C=O) groups excluding carboxylic acids is 3. The molecule has 164 valence electrons. The first-order valence-electron chi connectivity index (χ1n) is 9.78. The zero-order chi connectivity index (χ0) is 23.0. The van der Waals surface area contributed by atoms with Crippen LogP contribution in [0.25, 0.3) is 11.8 Å². The van der Waals surface area contributed by atoms with Crippen molar-refractivity contribution < 1.29 is 28.6 Å². The van der Waals surface area contributed by atoms with Crippen LogP contribution in [0.2, 0.25) is 0 Å². The Labute approximate surface area is 183 Å². The number of carbonyl (C=O) groups is 3. The molecular formula is C23H21N3O6. The molecule has 32 heavy (non-hydrogen) atoms. The van der Waals surface area contributed by atoms with E-state index in [0.29, 0.717) is 0 Å². The average Bonchev–Trinajstić information content (AvgIpc) is 3.42.